The standard InChI is InChI=1S/C13H9NS/c1-4-11(13-7-3-9-15-13)10-5-2-8-14-12(10)6-1/h1-9H. The summed E-state index contributed by atoms with van der Waals surface area (Å²) in [6, 6.07) is 14.6. The molecule has 0 bridgehead atoms. The Kier molecular flexibility index (Phi) is 2.00. The molecule has 0 unspecified atom stereocenters. The van der Waals surface area contributed by atoms with Gasteiger partial charge in [0.15, 0.2) is 0 Å². The molecule has 1 aromatic carbocycles. The highest BCUT2D eigenvalue weighted by Gasteiger charge is 2.03. The molecule has 2 aromatic heterocycles. The highest BCUT2D eigenvalue weighted by Crippen LogP contribution is 2.30. The van der Waals surface area contributed by atoms with Gasteiger partial charge in [-0.05, 0) is 23.6 Å². The Hall–Kier alpha value is -1.67. The van der Waals surface area contributed by atoms with Crippen molar-refractivity contribution in [2.24, 2.45) is 0 Å². The maximum absolute atomic E-state index is 4.36. The molecule has 0 radical (unpaired) electrons. The van der Waals surface area contributed by atoms with Crippen LogP contribution in [0.4, 0.5) is 0 Å². The van der Waals surface area contributed by atoms with Gasteiger partial charge in [0.05, 0.1) is 5.52 Å². The van der Waals surface area contributed by atoms with Crippen molar-refractivity contribution in [3.05, 3.63) is 54.0 Å². The van der Waals surface area contributed by atoms with Crippen molar-refractivity contribution >= 4 is 22.2 Å². The SMILES string of the molecule is c1csc(-c2cccc3ncccc23)c1. The van der Waals surface area contributed by atoms with Gasteiger partial charge in [-0.2, -0.15) is 0 Å². The number of hydrogen-bond acceptors (Lipinski definition) is 2. The molecule has 0 aliphatic rings. The highest BCUT2D eigenvalue weighted by molar-refractivity contribution is 7.13. The Morgan fingerprint density at radius 1 is 0.933 bits per heavy atom. The molecule has 1 nitrogen and oxygen atoms in total. The summed E-state index contributed by atoms with van der Waals surface area (Å²) in [7, 11) is 0. The molecule has 3 rings (SSSR count). The average Bonchev–Trinajstić information content (AvgIpc) is 2.82. The lowest BCUT2D eigenvalue weighted by Gasteiger charge is -2.02. The molecule has 0 saturated carbocycles. The summed E-state index contributed by atoms with van der Waals surface area (Å²) < 4.78 is 0. The maximum atomic E-state index is 4.36. The van der Waals surface area contributed by atoms with Gasteiger partial charge in [-0.15, -0.1) is 11.3 Å². The van der Waals surface area contributed by atoms with E-state index in [4.69, 9.17) is 0 Å². The number of thiophene rings is 1. The first kappa shape index (κ1) is 8.62. The second-order valence-corrected chi connectivity index (χ2v) is 4.30. The van der Waals surface area contributed by atoms with Crippen molar-refractivity contribution < 1.29 is 0 Å². The van der Waals surface area contributed by atoms with E-state index in [0.29, 0.717) is 0 Å². The number of pyridine rings is 1. The van der Waals surface area contributed by atoms with Crippen LogP contribution in [0.1, 0.15) is 0 Å². The van der Waals surface area contributed by atoms with Crippen LogP contribution in [0.25, 0.3) is 21.3 Å². The number of aromatic nitrogens is 1. The van der Waals surface area contributed by atoms with E-state index in [0.717, 1.165) is 5.52 Å². The third kappa shape index (κ3) is 1.43. The van der Waals surface area contributed by atoms with Gasteiger partial charge in [0.1, 0.15) is 0 Å². The van der Waals surface area contributed by atoms with Gasteiger partial charge in [-0.25, -0.2) is 0 Å². The normalized spacial score (nSPS) is 10.7. The molecular formula is C13H9NS. The predicted octanol–water partition coefficient (Wildman–Crippen LogP) is 3.96. The Morgan fingerprint density at radius 3 is 2.80 bits per heavy atom. The predicted molar refractivity (Wildman–Crippen MR) is 65.1 cm³/mol. The van der Waals surface area contributed by atoms with Crippen LogP contribution >= 0.6 is 11.3 Å². The fourth-order valence-electron chi connectivity index (χ4n) is 1.75. The first-order valence-electron chi connectivity index (χ1n) is 4.83. The van der Waals surface area contributed by atoms with Crippen LogP contribution < -0.4 is 0 Å². The minimum Gasteiger partial charge on any atom is -0.256 e. The first-order valence-corrected chi connectivity index (χ1v) is 5.71. The van der Waals surface area contributed by atoms with Crippen molar-refractivity contribution in [2.75, 3.05) is 0 Å². The molecular weight excluding hydrogens is 202 g/mol. The molecule has 0 atom stereocenters. The zero-order valence-corrected chi connectivity index (χ0v) is 8.87. The van der Waals surface area contributed by atoms with Crippen LogP contribution in [-0.4, -0.2) is 4.98 Å². The summed E-state index contributed by atoms with van der Waals surface area (Å²) in [5.74, 6) is 0. The molecule has 0 N–H and O–H groups in total. The van der Waals surface area contributed by atoms with Crippen molar-refractivity contribution in [2.45, 2.75) is 0 Å². The largest absolute Gasteiger partial charge is 0.256 e. The van der Waals surface area contributed by atoms with E-state index in [2.05, 4.69) is 40.7 Å². The fourth-order valence-corrected chi connectivity index (χ4v) is 2.52. The molecule has 72 valence electrons. The summed E-state index contributed by atoms with van der Waals surface area (Å²) in [5.41, 5.74) is 2.33. The third-order valence-electron chi connectivity index (χ3n) is 2.43. The Morgan fingerprint density at radius 2 is 1.93 bits per heavy atom. The lowest BCUT2D eigenvalue weighted by Crippen LogP contribution is -1.80. The minimum absolute atomic E-state index is 1.06. The molecule has 0 saturated heterocycles. The van der Waals surface area contributed by atoms with E-state index in [-0.39, 0.29) is 0 Å². The molecule has 0 aliphatic carbocycles. The molecule has 3 aromatic rings. The van der Waals surface area contributed by atoms with Crippen LogP contribution in [0.5, 0.6) is 0 Å². The van der Waals surface area contributed by atoms with Gasteiger partial charge >= 0.3 is 0 Å². The van der Waals surface area contributed by atoms with Gasteiger partial charge in [-0.1, -0.05) is 24.3 Å². The zero-order chi connectivity index (χ0) is 10.1. The van der Waals surface area contributed by atoms with Crippen molar-refractivity contribution in [3.63, 3.8) is 0 Å². The number of fused-ring (bicyclic) bond motifs is 1. The molecule has 2 heterocycles. The van der Waals surface area contributed by atoms with Gasteiger partial charge in [-0.3, -0.25) is 4.98 Å². The van der Waals surface area contributed by atoms with Gasteiger partial charge in [0.25, 0.3) is 0 Å². The topological polar surface area (TPSA) is 12.9 Å². The van der Waals surface area contributed by atoms with Crippen LogP contribution in [-0.2, 0) is 0 Å². The first-order chi connectivity index (χ1) is 7.45. The molecule has 2 heteroatoms. The summed E-state index contributed by atoms with van der Waals surface area (Å²) >= 11 is 1.76. The van der Waals surface area contributed by atoms with E-state index >= 15 is 0 Å². The number of hydrogen-bond donors (Lipinski definition) is 0. The van der Waals surface area contributed by atoms with E-state index in [1.807, 2.05) is 18.3 Å². The average molecular weight is 211 g/mol. The van der Waals surface area contributed by atoms with Gasteiger partial charge in [0.2, 0.25) is 0 Å². The van der Waals surface area contributed by atoms with Crippen LogP contribution in [0, 0.1) is 0 Å². The Bertz CT molecular complexity index is 579. The van der Waals surface area contributed by atoms with Crippen LogP contribution in [0.15, 0.2) is 54.0 Å². The zero-order valence-electron chi connectivity index (χ0n) is 8.05. The second-order valence-electron chi connectivity index (χ2n) is 3.35. The molecule has 0 aliphatic heterocycles. The smallest absolute Gasteiger partial charge is 0.0708 e. The lowest BCUT2D eigenvalue weighted by atomic mass is 10.1. The Balaban J connectivity index is 2.36. The maximum Gasteiger partial charge on any atom is 0.0708 e. The molecule has 0 spiro atoms. The minimum atomic E-state index is 1.06. The summed E-state index contributed by atoms with van der Waals surface area (Å²) in [5, 5.41) is 3.33. The summed E-state index contributed by atoms with van der Waals surface area (Å²) in [6.45, 7) is 0. The van der Waals surface area contributed by atoms with E-state index in [1.165, 1.54) is 15.8 Å². The molecule has 15 heavy (non-hydrogen) atoms. The quantitative estimate of drug-likeness (QED) is 0.593. The van der Waals surface area contributed by atoms with Crippen LogP contribution in [0.2, 0.25) is 0 Å². The monoisotopic (exact) mass is 211 g/mol. The van der Waals surface area contributed by atoms with Crippen molar-refractivity contribution in [3.8, 4) is 10.4 Å². The van der Waals surface area contributed by atoms with Gasteiger partial charge < -0.3 is 0 Å². The lowest BCUT2D eigenvalue weighted by molar-refractivity contribution is 1.41. The Labute approximate surface area is 92.0 Å². The highest BCUT2D eigenvalue weighted by atomic mass is 32.1. The number of benzene rings is 1. The fraction of sp³-hybridized carbons (Fsp3) is 0. The summed E-state index contributed by atoms with van der Waals surface area (Å²) in [6.07, 6.45) is 1.83. The third-order valence-corrected chi connectivity index (χ3v) is 3.34. The van der Waals surface area contributed by atoms with Crippen molar-refractivity contribution in [1.29, 1.82) is 0 Å². The summed E-state index contributed by atoms with van der Waals surface area (Å²) in [4.78, 5) is 5.66. The van der Waals surface area contributed by atoms with E-state index < -0.39 is 0 Å². The van der Waals surface area contributed by atoms with Crippen LogP contribution in [0.3, 0.4) is 0 Å². The van der Waals surface area contributed by atoms with Crippen molar-refractivity contribution in [1.82, 2.24) is 4.98 Å². The second kappa shape index (κ2) is 3.48. The molecule has 0 amide bonds. The van der Waals surface area contributed by atoms with E-state index in [1.54, 1.807) is 11.3 Å². The van der Waals surface area contributed by atoms with Gasteiger partial charge in [0, 0.05) is 22.0 Å². The molecule has 0 fully saturated rings. The number of rotatable bonds is 1. The number of nitrogens with zero attached hydrogens (tertiary/aromatic N) is 1. The van der Waals surface area contributed by atoms with E-state index in [9.17, 15) is 0 Å².